The van der Waals surface area contributed by atoms with Gasteiger partial charge in [-0.3, -0.25) is 4.68 Å². The maximum atomic E-state index is 8.86. The lowest BCUT2D eigenvalue weighted by Gasteiger charge is -2.07. The summed E-state index contributed by atoms with van der Waals surface area (Å²) in [7, 11) is 0. The number of aromatic nitrogens is 2. The highest BCUT2D eigenvalue weighted by atomic mass is 16.3. The van der Waals surface area contributed by atoms with Gasteiger partial charge in [-0.2, -0.15) is 5.10 Å². The summed E-state index contributed by atoms with van der Waals surface area (Å²) in [6.45, 7) is 2.91. The summed E-state index contributed by atoms with van der Waals surface area (Å²) in [6, 6.07) is 0. The van der Waals surface area contributed by atoms with Gasteiger partial charge in [0, 0.05) is 31.9 Å². The van der Waals surface area contributed by atoms with Crippen molar-refractivity contribution in [3.05, 3.63) is 18.0 Å². The third kappa shape index (κ3) is 2.82. The first-order valence-electron chi connectivity index (χ1n) is 4.53. The van der Waals surface area contributed by atoms with Gasteiger partial charge < -0.3 is 10.2 Å². The molecule has 0 radical (unpaired) electrons. The van der Waals surface area contributed by atoms with Crippen molar-refractivity contribution in [2.45, 2.75) is 19.9 Å². The predicted octanol–water partition coefficient (Wildman–Crippen LogP) is 0.0463. The molecule has 0 amide bonds. The third-order valence-electron chi connectivity index (χ3n) is 2.05. The van der Waals surface area contributed by atoms with E-state index in [1.165, 1.54) is 0 Å². The van der Waals surface area contributed by atoms with Crippen molar-refractivity contribution in [2.75, 3.05) is 13.2 Å². The van der Waals surface area contributed by atoms with Gasteiger partial charge in [0.2, 0.25) is 0 Å². The minimum atomic E-state index is -0.0606. The zero-order valence-corrected chi connectivity index (χ0v) is 7.85. The normalized spacial score (nSPS) is 11.1. The summed E-state index contributed by atoms with van der Waals surface area (Å²) in [5, 5.41) is 21.8. The molecule has 0 aliphatic rings. The maximum absolute atomic E-state index is 8.86. The van der Waals surface area contributed by atoms with E-state index in [4.69, 9.17) is 10.2 Å². The van der Waals surface area contributed by atoms with E-state index in [1.807, 2.05) is 17.8 Å². The van der Waals surface area contributed by atoms with Crippen LogP contribution in [0, 0.1) is 5.92 Å². The van der Waals surface area contributed by atoms with Crippen LogP contribution in [-0.2, 0) is 13.0 Å². The summed E-state index contributed by atoms with van der Waals surface area (Å²) in [5.74, 6) is -0.0606. The zero-order valence-electron chi connectivity index (χ0n) is 7.85. The summed E-state index contributed by atoms with van der Waals surface area (Å²) >= 11 is 0. The van der Waals surface area contributed by atoms with Gasteiger partial charge in [0.1, 0.15) is 0 Å². The molecule has 13 heavy (non-hydrogen) atoms. The average Bonchev–Trinajstić information content (AvgIpc) is 2.61. The predicted molar refractivity (Wildman–Crippen MR) is 49.3 cm³/mol. The molecule has 0 saturated heterocycles. The first kappa shape index (κ1) is 10.2. The molecule has 4 nitrogen and oxygen atoms in total. The Kier molecular flexibility index (Phi) is 3.92. The molecule has 1 aromatic heterocycles. The van der Waals surface area contributed by atoms with Gasteiger partial charge in [-0.25, -0.2) is 0 Å². The number of nitrogens with zero attached hydrogens (tertiary/aromatic N) is 2. The van der Waals surface area contributed by atoms with Crippen LogP contribution >= 0.6 is 0 Å². The van der Waals surface area contributed by atoms with Crippen molar-refractivity contribution in [1.82, 2.24) is 9.78 Å². The summed E-state index contributed by atoms with van der Waals surface area (Å²) in [5.41, 5.74) is 1.06. The molecule has 2 N–H and O–H groups in total. The topological polar surface area (TPSA) is 58.3 Å². The van der Waals surface area contributed by atoms with Gasteiger partial charge in [-0.15, -0.1) is 0 Å². The van der Waals surface area contributed by atoms with Crippen molar-refractivity contribution < 1.29 is 10.2 Å². The fraction of sp³-hybridized carbons (Fsp3) is 0.667. The molecule has 0 unspecified atom stereocenters. The lowest BCUT2D eigenvalue weighted by molar-refractivity contribution is 0.150. The molecular weight excluding hydrogens is 168 g/mol. The van der Waals surface area contributed by atoms with E-state index in [0.717, 1.165) is 12.1 Å². The smallest absolute Gasteiger partial charge is 0.0521 e. The molecule has 74 valence electrons. The fourth-order valence-corrected chi connectivity index (χ4v) is 1.20. The lowest BCUT2D eigenvalue weighted by atomic mass is 10.0. The molecule has 0 fully saturated rings. The minimum Gasteiger partial charge on any atom is -0.396 e. The molecular formula is C9H16N2O2. The Morgan fingerprint density at radius 2 is 2.15 bits per heavy atom. The number of hydrogen-bond acceptors (Lipinski definition) is 3. The first-order valence-corrected chi connectivity index (χ1v) is 4.53. The molecule has 0 aliphatic carbocycles. The van der Waals surface area contributed by atoms with Crippen LogP contribution in [0.1, 0.15) is 12.5 Å². The quantitative estimate of drug-likeness (QED) is 0.679. The van der Waals surface area contributed by atoms with E-state index in [1.54, 1.807) is 6.20 Å². The van der Waals surface area contributed by atoms with Crippen LogP contribution in [-0.4, -0.2) is 33.2 Å². The van der Waals surface area contributed by atoms with E-state index in [0.29, 0.717) is 6.42 Å². The van der Waals surface area contributed by atoms with Crippen molar-refractivity contribution in [2.24, 2.45) is 5.92 Å². The Labute approximate surface area is 77.8 Å². The van der Waals surface area contributed by atoms with Gasteiger partial charge in [-0.05, 0) is 18.9 Å². The highest BCUT2D eigenvalue weighted by molar-refractivity contribution is 5.04. The van der Waals surface area contributed by atoms with Crippen LogP contribution in [0.5, 0.6) is 0 Å². The maximum Gasteiger partial charge on any atom is 0.0521 e. The second-order valence-electron chi connectivity index (χ2n) is 3.14. The Balaban J connectivity index is 2.52. The Bertz CT molecular complexity index is 244. The van der Waals surface area contributed by atoms with E-state index < -0.39 is 0 Å². The number of aliphatic hydroxyl groups excluding tert-OH is 2. The molecule has 1 aromatic rings. The summed E-state index contributed by atoms with van der Waals surface area (Å²) in [6.07, 6.45) is 4.41. The highest BCUT2D eigenvalue weighted by Gasteiger charge is 2.08. The SMILES string of the molecule is CCn1cc(CC(CO)CO)cn1. The monoisotopic (exact) mass is 184 g/mol. The molecule has 0 bridgehead atoms. The fourth-order valence-electron chi connectivity index (χ4n) is 1.20. The number of hydrogen-bond donors (Lipinski definition) is 2. The second kappa shape index (κ2) is 4.99. The molecule has 0 aliphatic heterocycles. The molecule has 1 rings (SSSR count). The summed E-state index contributed by atoms with van der Waals surface area (Å²) in [4.78, 5) is 0. The zero-order chi connectivity index (χ0) is 9.68. The van der Waals surface area contributed by atoms with Crippen LogP contribution in [0.4, 0.5) is 0 Å². The molecule has 0 saturated carbocycles. The Hall–Kier alpha value is -0.870. The second-order valence-corrected chi connectivity index (χ2v) is 3.14. The van der Waals surface area contributed by atoms with Crippen molar-refractivity contribution in [1.29, 1.82) is 0 Å². The third-order valence-corrected chi connectivity index (χ3v) is 2.05. The molecule has 1 heterocycles. The highest BCUT2D eigenvalue weighted by Crippen LogP contribution is 2.06. The minimum absolute atomic E-state index is 0.0216. The largest absolute Gasteiger partial charge is 0.396 e. The van der Waals surface area contributed by atoms with E-state index in [-0.39, 0.29) is 19.1 Å². The number of aliphatic hydroxyl groups is 2. The van der Waals surface area contributed by atoms with Crippen molar-refractivity contribution in [3.8, 4) is 0 Å². The first-order chi connectivity index (χ1) is 6.30. The van der Waals surface area contributed by atoms with E-state index in [9.17, 15) is 0 Å². The molecule has 0 spiro atoms. The van der Waals surface area contributed by atoms with Crippen LogP contribution in [0.15, 0.2) is 12.4 Å². The van der Waals surface area contributed by atoms with Crippen molar-refractivity contribution >= 4 is 0 Å². The average molecular weight is 184 g/mol. The molecule has 0 atom stereocenters. The van der Waals surface area contributed by atoms with Gasteiger partial charge in [0.25, 0.3) is 0 Å². The van der Waals surface area contributed by atoms with Gasteiger partial charge in [0.15, 0.2) is 0 Å². The van der Waals surface area contributed by atoms with Gasteiger partial charge >= 0.3 is 0 Å². The van der Waals surface area contributed by atoms with E-state index >= 15 is 0 Å². The number of aryl methyl sites for hydroxylation is 1. The van der Waals surface area contributed by atoms with Crippen LogP contribution in [0.3, 0.4) is 0 Å². The van der Waals surface area contributed by atoms with Crippen molar-refractivity contribution in [3.63, 3.8) is 0 Å². The Morgan fingerprint density at radius 1 is 1.46 bits per heavy atom. The summed E-state index contributed by atoms with van der Waals surface area (Å²) < 4.78 is 1.83. The Morgan fingerprint density at radius 3 is 2.62 bits per heavy atom. The number of rotatable bonds is 5. The molecule has 4 heteroatoms. The van der Waals surface area contributed by atoms with Crippen LogP contribution < -0.4 is 0 Å². The lowest BCUT2D eigenvalue weighted by Crippen LogP contribution is -2.13. The molecule has 0 aromatic carbocycles. The van der Waals surface area contributed by atoms with Crippen LogP contribution in [0.25, 0.3) is 0 Å². The van der Waals surface area contributed by atoms with E-state index in [2.05, 4.69) is 5.10 Å². The van der Waals surface area contributed by atoms with Gasteiger partial charge in [-0.1, -0.05) is 0 Å². The standard InChI is InChI=1S/C9H16N2O2/c1-2-11-5-8(4-10-11)3-9(6-12)7-13/h4-5,9,12-13H,2-3,6-7H2,1H3. The van der Waals surface area contributed by atoms with Crippen LogP contribution in [0.2, 0.25) is 0 Å². The van der Waals surface area contributed by atoms with Gasteiger partial charge in [0.05, 0.1) is 6.20 Å².